The maximum atomic E-state index is 13.2. The molecule has 0 fully saturated rings. The molecule has 0 unspecified atom stereocenters. The summed E-state index contributed by atoms with van der Waals surface area (Å²) >= 11 is 0. The SMILES string of the molecule is CCCCc1ccc(NC(=O)Cn2c(=O)c3nnc(CCC)n3c3ccccc32)cc1. The standard InChI is InChI=1S/C24H27N5O2/c1-3-5-9-17-12-14-18(15-13-17)25-22(30)16-28-19-10-6-7-11-20(19)29-21(8-4-2)26-27-23(29)24(28)31/h6-7,10-15H,3-5,8-9,16H2,1-2H3,(H,25,30). The highest BCUT2D eigenvalue weighted by atomic mass is 16.2. The van der Waals surface area contributed by atoms with E-state index in [1.54, 1.807) is 0 Å². The highest BCUT2D eigenvalue weighted by Crippen LogP contribution is 2.17. The maximum absolute atomic E-state index is 13.2. The first-order valence-corrected chi connectivity index (χ1v) is 10.9. The Morgan fingerprint density at radius 3 is 2.39 bits per heavy atom. The zero-order valence-corrected chi connectivity index (χ0v) is 18.0. The third-order valence-corrected chi connectivity index (χ3v) is 5.41. The molecule has 2 heterocycles. The van der Waals surface area contributed by atoms with Gasteiger partial charge >= 0.3 is 0 Å². The second kappa shape index (κ2) is 9.12. The Hall–Kier alpha value is -3.48. The summed E-state index contributed by atoms with van der Waals surface area (Å²) in [6.07, 6.45) is 4.95. The van der Waals surface area contributed by atoms with Gasteiger partial charge in [0.05, 0.1) is 11.0 Å². The number of aryl methyl sites for hydroxylation is 2. The molecular weight excluding hydrogens is 390 g/mol. The summed E-state index contributed by atoms with van der Waals surface area (Å²) in [5.74, 6) is 0.497. The third-order valence-electron chi connectivity index (χ3n) is 5.41. The summed E-state index contributed by atoms with van der Waals surface area (Å²) < 4.78 is 3.28. The van der Waals surface area contributed by atoms with Crippen LogP contribution in [0.2, 0.25) is 0 Å². The number of fused-ring (bicyclic) bond motifs is 3. The van der Waals surface area contributed by atoms with E-state index in [4.69, 9.17) is 0 Å². The van der Waals surface area contributed by atoms with E-state index < -0.39 is 0 Å². The van der Waals surface area contributed by atoms with Crippen LogP contribution >= 0.6 is 0 Å². The molecule has 0 radical (unpaired) electrons. The van der Waals surface area contributed by atoms with E-state index in [0.29, 0.717) is 5.52 Å². The van der Waals surface area contributed by atoms with Crippen LogP contribution < -0.4 is 10.9 Å². The predicted octanol–water partition coefficient (Wildman–Crippen LogP) is 3.98. The van der Waals surface area contributed by atoms with Crippen molar-refractivity contribution in [2.24, 2.45) is 0 Å². The van der Waals surface area contributed by atoms with Gasteiger partial charge in [0.1, 0.15) is 12.4 Å². The van der Waals surface area contributed by atoms with Crippen LogP contribution in [0.3, 0.4) is 0 Å². The minimum Gasteiger partial charge on any atom is -0.325 e. The van der Waals surface area contributed by atoms with Crippen LogP contribution in [0.25, 0.3) is 16.7 Å². The molecule has 7 nitrogen and oxygen atoms in total. The molecule has 0 saturated heterocycles. The Balaban J connectivity index is 1.64. The van der Waals surface area contributed by atoms with Crippen molar-refractivity contribution >= 4 is 28.3 Å². The molecule has 7 heteroatoms. The fraction of sp³-hybridized carbons (Fsp3) is 0.333. The first kappa shape index (κ1) is 20.8. The molecule has 0 spiro atoms. The van der Waals surface area contributed by atoms with Crippen molar-refractivity contribution in [3.8, 4) is 0 Å². The Kier molecular flexibility index (Phi) is 6.11. The van der Waals surface area contributed by atoms with Gasteiger partial charge in [-0.05, 0) is 49.1 Å². The van der Waals surface area contributed by atoms with E-state index in [2.05, 4.69) is 29.4 Å². The largest absolute Gasteiger partial charge is 0.325 e. The average molecular weight is 418 g/mol. The fourth-order valence-corrected chi connectivity index (χ4v) is 3.84. The number of benzene rings is 2. The average Bonchev–Trinajstić information content (AvgIpc) is 3.20. The highest BCUT2D eigenvalue weighted by Gasteiger charge is 2.17. The second-order valence-electron chi connectivity index (χ2n) is 7.75. The number of unbranched alkanes of at least 4 members (excludes halogenated alkanes) is 1. The molecule has 0 bridgehead atoms. The molecule has 4 rings (SSSR count). The van der Waals surface area contributed by atoms with Crippen LogP contribution in [0, 0.1) is 0 Å². The van der Waals surface area contributed by atoms with E-state index in [-0.39, 0.29) is 23.7 Å². The molecule has 1 N–H and O–H groups in total. The number of nitrogens with one attached hydrogen (secondary N) is 1. The number of hydrogen-bond donors (Lipinski definition) is 1. The van der Waals surface area contributed by atoms with Gasteiger partial charge in [0.15, 0.2) is 0 Å². The predicted molar refractivity (Wildman–Crippen MR) is 122 cm³/mol. The molecule has 1 amide bonds. The first-order valence-electron chi connectivity index (χ1n) is 10.9. The molecule has 0 atom stereocenters. The van der Waals surface area contributed by atoms with Crippen molar-refractivity contribution < 1.29 is 4.79 Å². The number of rotatable bonds is 8. The quantitative estimate of drug-likeness (QED) is 0.470. The van der Waals surface area contributed by atoms with Gasteiger partial charge in [0.2, 0.25) is 11.6 Å². The van der Waals surface area contributed by atoms with E-state index in [9.17, 15) is 9.59 Å². The molecule has 0 aliphatic carbocycles. The molecule has 31 heavy (non-hydrogen) atoms. The van der Waals surface area contributed by atoms with Crippen molar-refractivity contribution in [1.82, 2.24) is 19.2 Å². The molecule has 2 aromatic carbocycles. The van der Waals surface area contributed by atoms with E-state index in [0.717, 1.165) is 49.1 Å². The number of nitrogens with zero attached hydrogens (tertiary/aromatic N) is 4. The number of anilines is 1. The monoisotopic (exact) mass is 417 g/mol. The lowest BCUT2D eigenvalue weighted by molar-refractivity contribution is -0.116. The Bertz CT molecular complexity index is 1270. The normalized spacial score (nSPS) is 11.3. The van der Waals surface area contributed by atoms with Gasteiger partial charge in [-0.2, -0.15) is 0 Å². The number of carbonyl (C=O) groups is 1. The maximum Gasteiger partial charge on any atom is 0.297 e. The number of hydrogen-bond acceptors (Lipinski definition) is 4. The van der Waals surface area contributed by atoms with Crippen molar-refractivity contribution in [2.45, 2.75) is 52.5 Å². The van der Waals surface area contributed by atoms with Gasteiger partial charge in [-0.1, -0.05) is 44.5 Å². The first-order chi connectivity index (χ1) is 15.1. The van der Waals surface area contributed by atoms with Crippen molar-refractivity contribution in [2.75, 3.05) is 5.32 Å². The van der Waals surface area contributed by atoms with E-state index in [1.807, 2.05) is 52.9 Å². The second-order valence-corrected chi connectivity index (χ2v) is 7.75. The number of amides is 1. The van der Waals surface area contributed by atoms with Gasteiger partial charge in [-0.25, -0.2) is 0 Å². The Labute approximate surface area is 180 Å². The van der Waals surface area contributed by atoms with Crippen LogP contribution in [0.4, 0.5) is 5.69 Å². The fourth-order valence-electron chi connectivity index (χ4n) is 3.84. The molecule has 160 valence electrons. The van der Waals surface area contributed by atoms with Crippen LogP contribution in [0.5, 0.6) is 0 Å². The summed E-state index contributed by atoms with van der Waals surface area (Å²) in [6, 6.07) is 15.4. The van der Waals surface area contributed by atoms with Crippen LogP contribution in [-0.4, -0.2) is 25.1 Å². The van der Waals surface area contributed by atoms with Crippen LogP contribution in [0.15, 0.2) is 53.3 Å². The zero-order valence-electron chi connectivity index (χ0n) is 18.0. The minimum absolute atomic E-state index is 0.0938. The van der Waals surface area contributed by atoms with Gasteiger partial charge in [0.25, 0.3) is 5.56 Å². The molecular formula is C24H27N5O2. The summed E-state index contributed by atoms with van der Waals surface area (Å²) in [6.45, 7) is 4.14. The molecule has 0 saturated carbocycles. The van der Waals surface area contributed by atoms with E-state index >= 15 is 0 Å². The Morgan fingerprint density at radius 1 is 0.935 bits per heavy atom. The third kappa shape index (κ3) is 4.21. The lowest BCUT2D eigenvalue weighted by atomic mass is 10.1. The van der Waals surface area contributed by atoms with Crippen molar-refractivity contribution in [3.05, 3.63) is 70.3 Å². The summed E-state index contributed by atoms with van der Waals surface area (Å²) in [5, 5.41) is 11.2. The van der Waals surface area contributed by atoms with Crippen molar-refractivity contribution in [3.63, 3.8) is 0 Å². The molecule has 2 aromatic heterocycles. The number of para-hydroxylation sites is 2. The van der Waals surface area contributed by atoms with Gasteiger partial charge < -0.3 is 5.32 Å². The molecule has 4 aromatic rings. The topological polar surface area (TPSA) is 81.3 Å². The van der Waals surface area contributed by atoms with Gasteiger partial charge in [-0.3, -0.25) is 18.6 Å². The van der Waals surface area contributed by atoms with E-state index in [1.165, 1.54) is 10.1 Å². The Morgan fingerprint density at radius 2 is 1.68 bits per heavy atom. The zero-order chi connectivity index (χ0) is 21.8. The summed E-state index contributed by atoms with van der Waals surface area (Å²) in [7, 11) is 0. The summed E-state index contributed by atoms with van der Waals surface area (Å²) in [5.41, 5.74) is 3.40. The van der Waals surface area contributed by atoms with Gasteiger partial charge in [-0.15, -0.1) is 10.2 Å². The van der Waals surface area contributed by atoms with Crippen LogP contribution in [0.1, 0.15) is 44.5 Å². The minimum atomic E-state index is -0.321. The van der Waals surface area contributed by atoms with Gasteiger partial charge in [0, 0.05) is 12.1 Å². The number of aromatic nitrogens is 4. The van der Waals surface area contributed by atoms with Crippen LogP contribution in [-0.2, 0) is 24.2 Å². The smallest absolute Gasteiger partial charge is 0.297 e. The highest BCUT2D eigenvalue weighted by molar-refractivity contribution is 5.91. The lowest BCUT2D eigenvalue weighted by Gasteiger charge is -2.13. The molecule has 0 aliphatic rings. The van der Waals surface area contributed by atoms with Crippen molar-refractivity contribution in [1.29, 1.82) is 0 Å². The number of carbonyl (C=O) groups excluding carboxylic acids is 1. The lowest BCUT2D eigenvalue weighted by Crippen LogP contribution is -2.29. The summed E-state index contributed by atoms with van der Waals surface area (Å²) in [4.78, 5) is 25.9. The molecule has 0 aliphatic heterocycles.